The molecule has 0 radical (unpaired) electrons. The summed E-state index contributed by atoms with van der Waals surface area (Å²) in [5.74, 6) is -0.451. The molecule has 8 heteroatoms. The molecule has 3 aromatic rings. The van der Waals surface area contributed by atoms with Gasteiger partial charge in [-0.25, -0.2) is 14.8 Å². The van der Waals surface area contributed by atoms with Gasteiger partial charge in [-0.15, -0.1) is 0 Å². The molecule has 0 bridgehead atoms. The van der Waals surface area contributed by atoms with Crippen molar-refractivity contribution in [3.05, 3.63) is 34.8 Å². The number of hydrogen-bond donors (Lipinski definition) is 2. The first kappa shape index (κ1) is 12.2. The van der Waals surface area contributed by atoms with Crippen molar-refractivity contribution in [2.45, 2.75) is 13.5 Å². The van der Waals surface area contributed by atoms with Gasteiger partial charge in [0.05, 0.1) is 11.8 Å². The molecule has 3 rings (SSSR count). The van der Waals surface area contributed by atoms with Gasteiger partial charge in [-0.05, 0) is 13.0 Å². The van der Waals surface area contributed by atoms with Crippen LogP contribution in [-0.4, -0.2) is 25.4 Å². The summed E-state index contributed by atoms with van der Waals surface area (Å²) in [5, 5.41) is 0. The number of fused-ring (bicyclic) bond motifs is 1. The number of nitrogens with two attached hydrogens (primary N) is 1. The number of carbonyl (C=O) groups excluding carboxylic acids is 1. The van der Waals surface area contributed by atoms with E-state index in [-0.39, 0.29) is 22.7 Å². The van der Waals surface area contributed by atoms with E-state index < -0.39 is 5.91 Å². The zero-order chi connectivity index (χ0) is 14.3. The van der Waals surface area contributed by atoms with Gasteiger partial charge < -0.3 is 15.1 Å². The van der Waals surface area contributed by atoms with Gasteiger partial charge in [0.25, 0.3) is 5.91 Å². The summed E-state index contributed by atoms with van der Waals surface area (Å²) in [5.41, 5.74) is 6.14. The number of nitrogens with one attached hydrogen (secondary N) is 1. The summed E-state index contributed by atoms with van der Waals surface area (Å²) in [6, 6.07) is 1.66. The SMILES string of the molecule is CCn1c(=O)[nH]c2c(C(N)=O)nc(-c3ccoc3)nc21. The first-order valence-corrected chi connectivity index (χ1v) is 5.94. The minimum atomic E-state index is -0.730. The van der Waals surface area contributed by atoms with E-state index in [0.29, 0.717) is 17.8 Å². The van der Waals surface area contributed by atoms with Gasteiger partial charge in [0.15, 0.2) is 17.2 Å². The van der Waals surface area contributed by atoms with Crippen molar-refractivity contribution in [1.29, 1.82) is 0 Å². The van der Waals surface area contributed by atoms with Gasteiger partial charge in [-0.2, -0.15) is 0 Å². The van der Waals surface area contributed by atoms with Crippen LogP contribution in [0.2, 0.25) is 0 Å². The molecule has 0 aromatic carbocycles. The Bertz CT molecular complexity index is 844. The molecule has 0 aliphatic rings. The van der Waals surface area contributed by atoms with Crippen molar-refractivity contribution in [2.24, 2.45) is 5.73 Å². The molecule has 8 nitrogen and oxygen atoms in total. The number of amides is 1. The van der Waals surface area contributed by atoms with E-state index in [1.54, 1.807) is 13.0 Å². The number of aryl methyl sites for hydroxylation is 1. The van der Waals surface area contributed by atoms with Crippen molar-refractivity contribution in [3.8, 4) is 11.4 Å². The Morgan fingerprint density at radius 1 is 1.50 bits per heavy atom. The lowest BCUT2D eigenvalue weighted by Gasteiger charge is -2.03. The van der Waals surface area contributed by atoms with Crippen LogP contribution in [0.15, 0.2) is 27.8 Å². The molecule has 20 heavy (non-hydrogen) atoms. The van der Waals surface area contributed by atoms with Crippen molar-refractivity contribution in [3.63, 3.8) is 0 Å². The Labute approximate surface area is 112 Å². The van der Waals surface area contributed by atoms with E-state index in [1.807, 2.05) is 0 Å². The highest BCUT2D eigenvalue weighted by Gasteiger charge is 2.18. The molecule has 0 aliphatic heterocycles. The first-order valence-electron chi connectivity index (χ1n) is 5.94. The summed E-state index contributed by atoms with van der Waals surface area (Å²) in [6.07, 6.45) is 2.92. The van der Waals surface area contributed by atoms with Gasteiger partial charge in [0.2, 0.25) is 0 Å². The lowest BCUT2D eigenvalue weighted by Crippen LogP contribution is -2.15. The van der Waals surface area contributed by atoms with Crippen molar-refractivity contribution in [1.82, 2.24) is 19.5 Å². The van der Waals surface area contributed by atoms with Crippen LogP contribution in [0.5, 0.6) is 0 Å². The number of primary amides is 1. The van der Waals surface area contributed by atoms with Gasteiger partial charge in [0, 0.05) is 6.54 Å². The topological polar surface area (TPSA) is 120 Å². The first-order chi connectivity index (χ1) is 9.61. The van der Waals surface area contributed by atoms with Crippen LogP contribution < -0.4 is 11.4 Å². The number of aromatic nitrogens is 4. The Balaban J connectivity index is 2.40. The number of imidazole rings is 1. The maximum Gasteiger partial charge on any atom is 0.327 e. The second-order valence-electron chi connectivity index (χ2n) is 4.15. The lowest BCUT2D eigenvalue weighted by atomic mass is 10.3. The van der Waals surface area contributed by atoms with Crippen LogP contribution in [0.3, 0.4) is 0 Å². The maximum absolute atomic E-state index is 11.8. The molecule has 102 valence electrons. The van der Waals surface area contributed by atoms with Gasteiger partial charge >= 0.3 is 5.69 Å². The molecule has 0 fully saturated rings. The van der Waals surface area contributed by atoms with Gasteiger partial charge in [0.1, 0.15) is 11.8 Å². The number of furan rings is 1. The largest absolute Gasteiger partial charge is 0.472 e. The summed E-state index contributed by atoms with van der Waals surface area (Å²) in [6.45, 7) is 2.22. The summed E-state index contributed by atoms with van der Waals surface area (Å²) >= 11 is 0. The van der Waals surface area contributed by atoms with Crippen molar-refractivity contribution < 1.29 is 9.21 Å². The predicted octanol–water partition coefficient (Wildman–Crippen LogP) is 0.498. The number of hydrogen-bond acceptors (Lipinski definition) is 5. The zero-order valence-corrected chi connectivity index (χ0v) is 10.6. The van der Waals surface area contributed by atoms with Gasteiger partial charge in [-0.3, -0.25) is 9.36 Å². The molecule has 0 atom stereocenters. The molecular formula is C12H11N5O3. The van der Waals surface area contributed by atoms with Crippen LogP contribution in [0.25, 0.3) is 22.6 Å². The molecular weight excluding hydrogens is 262 g/mol. The molecule has 3 heterocycles. The molecule has 3 aromatic heterocycles. The average Bonchev–Trinajstić information content (AvgIpc) is 3.03. The highest BCUT2D eigenvalue weighted by Crippen LogP contribution is 2.20. The van der Waals surface area contributed by atoms with Crippen LogP contribution in [0, 0.1) is 0 Å². The molecule has 3 N–H and O–H groups in total. The highest BCUT2D eigenvalue weighted by atomic mass is 16.3. The Morgan fingerprint density at radius 2 is 2.30 bits per heavy atom. The molecule has 0 unspecified atom stereocenters. The quantitative estimate of drug-likeness (QED) is 0.719. The average molecular weight is 273 g/mol. The minimum Gasteiger partial charge on any atom is -0.472 e. The Hall–Kier alpha value is -2.90. The fourth-order valence-corrected chi connectivity index (χ4v) is 2.02. The highest BCUT2D eigenvalue weighted by molar-refractivity contribution is 6.01. The fourth-order valence-electron chi connectivity index (χ4n) is 2.02. The van der Waals surface area contributed by atoms with E-state index in [4.69, 9.17) is 10.2 Å². The van der Waals surface area contributed by atoms with E-state index in [0.717, 1.165) is 0 Å². The summed E-state index contributed by atoms with van der Waals surface area (Å²) in [7, 11) is 0. The standard InChI is InChI=1S/C12H11N5O3/c1-2-17-11-8(15-12(17)19)7(9(13)18)14-10(16-11)6-3-4-20-5-6/h3-5H,2H2,1H3,(H2,13,18)(H,15,19). The third kappa shape index (κ3) is 1.69. The molecule has 0 saturated heterocycles. The third-order valence-corrected chi connectivity index (χ3v) is 2.95. The lowest BCUT2D eigenvalue weighted by molar-refractivity contribution is 0.0997. The third-order valence-electron chi connectivity index (χ3n) is 2.95. The van der Waals surface area contributed by atoms with E-state index in [2.05, 4.69) is 15.0 Å². The summed E-state index contributed by atoms with van der Waals surface area (Å²) in [4.78, 5) is 34.3. The smallest absolute Gasteiger partial charge is 0.327 e. The van der Waals surface area contributed by atoms with Crippen molar-refractivity contribution >= 4 is 17.1 Å². The van der Waals surface area contributed by atoms with Crippen LogP contribution >= 0.6 is 0 Å². The Morgan fingerprint density at radius 3 is 2.90 bits per heavy atom. The van der Waals surface area contributed by atoms with Crippen LogP contribution in [-0.2, 0) is 6.54 Å². The second-order valence-corrected chi connectivity index (χ2v) is 4.15. The predicted molar refractivity (Wildman–Crippen MR) is 70.0 cm³/mol. The zero-order valence-electron chi connectivity index (χ0n) is 10.6. The van der Waals surface area contributed by atoms with Crippen LogP contribution in [0.1, 0.15) is 17.4 Å². The number of nitrogens with zero attached hydrogens (tertiary/aromatic N) is 3. The number of aromatic amines is 1. The summed E-state index contributed by atoms with van der Waals surface area (Å²) < 4.78 is 6.38. The minimum absolute atomic E-state index is 0.0181. The van der Waals surface area contributed by atoms with E-state index >= 15 is 0 Å². The fraction of sp³-hybridized carbons (Fsp3) is 0.167. The van der Waals surface area contributed by atoms with E-state index in [9.17, 15) is 9.59 Å². The molecule has 0 aliphatic carbocycles. The Kier molecular flexibility index (Phi) is 2.63. The maximum atomic E-state index is 11.8. The van der Waals surface area contributed by atoms with Crippen LogP contribution in [0.4, 0.5) is 0 Å². The second kappa shape index (κ2) is 4.34. The molecule has 0 spiro atoms. The van der Waals surface area contributed by atoms with E-state index in [1.165, 1.54) is 17.1 Å². The number of H-pyrrole nitrogens is 1. The monoisotopic (exact) mass is 273 g/mol. The molecule has 0 saturated carbocycles. The number of carbonyl (C=O) groups is 1. The van der Waals surface area contributed by atoms with Crippen molar-refractivity contribution in [2.75, 3.05) is 0 Å². The van der Waals surface area contributed by atoms with Gasteiger partial charge in [-0.1, -0.05) is 0 Å². The molecule has 1 amide bonds. The normalized spacial score (nSPS) is 11.1. The number of rotatable bonds is 3.